The topological polar surface area (TPSA) is 71.3 Å². The summed E-state index contributed by atoms with van der Waals surface area (Å²) in [6.07, 6.45) is 2.54. The van der Waals surface area contributed by atoms with Crippen LogP contribution in [0, 0.1) is 0 Å². The van der Waals surface area contributed by atoms with Crippen molar-refractivity contribution in [3.8, 4) is 11.5 Å². The molecular formula is C21H32N4O3. The maximum Gasteiger partial charge on any atom is 0.191 e. The number of likely N-dealkylation sites (N-methyl/N-ethyl adjacent to an activating group) is 1. The van der Waals surface area contributed by atoms with Crippen LogP contribution in [0.4, 0.5) is 0 Å². The van der Waals surface area contributed by atoms with Gasteiger partial charge in [0.2, 0.25) is 0 Å². The Balaban J connectivity index is 1.96. The first-order valence-electron chi connectivity index (χ1n) is 9.52. The van der Waals surface area contributed by atoms with Crippen LogP contribution in [0.2, 0.25) is 0 Å². The summed E-state index contributed by atoms with van der Waals surface area (Å²) in [5.74, 6) is 3.19. The molecule has 1 aromatic heterocycles. The number of nitrogens with one attached hydrogen (secondary N) is 2. The highest BCUT2D eigenvalue weighted by atomic mass is 16.5. The fourth-order valence-electron chi connectivity index (χ4n) is 2.87. The predicted octanol–water partition coefficient (Wildman–Crippen LogP) is 2.70. The highest BCUT2D eigenvalue weighted by Gasteiger charge is 2.16. The molecule has 0 aliphatic heterocycles. The number of guanidine groups is 1. The van der Waals surface area contributed by atoms with Crippen LogP contribution in [-0.2, 0) is 6.42 Å². The van der Waals surface area contributed by atoms with E-state index < -0.39 is 0 Å². The fourth-order valence-corrected chi connectivity index (χ4v) is 2.87. The molecule has 1 atom stereocenters. The number of rotatable bonds is 10. The zero-order valence-electron chi connectivity index (χ0n) is 17.5. The van der Waals surface area contributed by atoms with Crippen molar-refractivity contribution >= 4 is 5.96 Å². The van der Waals surface area contributed by atoms with E-state index in [1.165, 1.54) is 5.56 Å². The normalized spacial score (nSPS) is 12.7. The van der Waals surface area contributed by atoms with Gasteiger partial charge in [-0.25, -0.2) is 0 Å². The van der Waals surface area contributed by atoms with Crippen LogP contribution >= 0.6 is 0 Å². The zero-order valence-corrected chi connectivity index (χ0v) is 17.5. The fraction of sp³-hybridized carbons (Fsp3) is 0.476. The van der Waals surface area contributed by atoms with Gasteiger partial charge in [-0.1, -0.05) is 6.07 Å². The molecule has 0 spiro atoms. The third kappa shape index (κ3) is 6.20. The van der Waals surface area contributed by atoms with E-state index in [1.807, 2.05) is 44.4 Å². The molecule has 0 saturated heterocycles. The van der Waals surface area contributed by atoms with Crippen molar-refractivity contribution in [3.63, 3.8) is 0 Å². The largest absolute Gasteiger partial charge is 0.493 e. The number of furan rings is 1. The van der Waals surface area contributed by atoms with Crippen molar-refractivity contribution < 1.29 is 13.9 Å². The number of hydrogen-bond acceptors (Lipinski definition) is 5. The lowest BCUT2D eigenvalue weighted by molar-refractivity contribution is 0.265. The third-order valence-corrected chi connectivity index (χ3v) is 4.42. The minimum absolute atomic E-state index is 0.0938. The zero-order chi connectivity index (χ0) is 20.4. The molecular weight excluding hydrogens is 356 g/mol. The smallest absolute Gasteiger partial charge is 0.191 e. The molecule has 0 fully saturated rings. The Labute approximate surface area is 167 Å². The maximum absolute atomic E-state index is 5.56. The average Bonchev–Trinajstić information content (AvgIpc) is 3.22. The lowest BCUT2D eigenvalue weighted by Gasteiger charge is -2.21. The van der Waals surface area contributed by atoms with Gasteiger partial charge in [0, 0.05) is 13.1 Å². The van der Waals surface area contributed by atoms with Gasteiger partial charge in [-0.05, 0) is 57.3 Å². The summed E-state index contributed by atoms with van der Waals surface area (Å²) in [5.41, 5.74) is 1.17. The molecule has 1 heterocycles. The number of nitrogens with zero attached hydrogens (tertiary/aromatic N) is 2. The molecule has 0 bridgehead atoms. The van der Waals surface area contributed by atoms with E-state index in [-0.39, 0.29) is 6.04 Å². The van der Waals surface area contributed by atoms with E-state index in [9.17, 15) is 0 Å². The van der Waals surface area contributed by atoms with Crippen LogP contribution in [-0.4, -0.2) is 58.8 Å². The molecule has 0 aliphatic rings. The van der Waals surface area contributed by atoms with Gasteiger partial charge in [0.05, 0.1) is 33.1 Å². The molecule has 0 aliphatic carbocycles. The summed E-state index contributed by atoms with van der Waals surface area (Å²) in [5, 5.41) is 6.69. The van der Waals surface area contributed by atoms with Crippen LogP contribution in [0.1, 0.15) is 24.3 Å². The van der Waals surface area contributed by atoms with E-state index in [2.05, 4.69) is 22.5 Å². The van der Waals surface area contributed by atoms with Gasteiger partial charge in [-0.2, -0.15) is 0 Å². The molecule has 7 heteroatoms. The van der Waals surface area contributed by atoms with Crippen molar-refractivity contribution in [2.75, 3.05) is 47.9 Å². The summed E-state index contributed by atoms with van der Waals surface area (Å²) in [4.78, 5) is 6.84. The molecule has 1 unspecified atom stereocenters. The lowest BCUT2D eigenvalue weighted by atomic mass is 10.1. The molecule has 7 nitrogen and oxygen atoms in total. The first-order valence-corrected chi connectivity index (χ1v) is 9.52. The molecule has 0 saturated carbocycles. The minimum atomic E-state index is 0.0938. The Kier molecular flexibility index (Phi) is 8.68. The Morgan fingerprint density at radius 2 is 1.93 bits per heavy atom. The Morgan fingerprint density at radius 1 is 1.14 bits per heavy atom. The summed E-state index contributed by atoms with van der Waals surface area (Å²) in [6, 6.07) is 9.96. The van der Waals surface area contributed by atoms with Crippen molar-refractivity contribution in [1.82, 2.24) is 15.5 Å². The average molecular weight is 389 g/mol. The van der Waals surface area contributed by atoms with Gasteiger partial charge in [0.1, 0.15) is 5.76 Å². The quantitative estimate of drug-likeness (QED) is 0.482. The second-order valence-corrected chi connectivity index (χ2v) is 6.58. The van der Waals surface area contributed by atoms with E-state index in [0.717, 1.165) is 42.7 Å². The van der Waals surface area contributed by atoms with E-state index in [1.54, 1.807) is 20.5 Å². The highest BCUT2D eigenvalue weighted by Crippen LogP contribution is 2.27. The number of aliphatic imine (C=N–C) groups is 1. The molecule has 2 N–H and O–H groups in total. The third-order valence-electron chi connectivity index (χ3n) is 4.42. The van der Waals surface area contributed by atoms with Gasteiger partial charge < -0.3 is 24.5 Å². The molecule has 2 aromatic rings. The van der Waals surface area contributed by atoms with Gasteiger partial charge in [-0.3, -0.25) is 9.89 Å². The monoisotopic (exact) mass is 388 g/mol. The molecule has 0 amide bonds. The Morgan fingerprint density at radius 3 is 2.54 bits per heavy atom. The molecule has 28 heavy (non-hydrogen) atoms. The number of ether oxygens (including phenoxy) is 2. The van der Waals surface area contributed by atoms with Crippen LogP contribution in [0.5, 0.6) is 11.5 Å². The van der Waals surface area contributed by atoms with Crippen molar-refractivity contribution in [2.24, 2.45) is 4.99 Å². The Bertz CT molecular complexity index is 729. The van der Waals surface area contributed by atoms with Crippen LogP contribution in [0.15, 0.2) is 46.0 Å². The molecule has 1 aromatic carbocycles. The summed E-state index contributed by atoms with van der Waals surface area (Å²) in [6.45, 7) is 4.22. The van der Waals surface area contributed by atoms with E-state index in [4.69, 9.17) is 18.9 Å². The number of hydrogen-bond donors (Lipinski definition) is 2. The van der Waals surface area contributed by atoms with Crippen LogP contribution in [0.3, 0.4) is 0 Å². The lowest BCUT2D eigenvalue weighted by Crippen LogP contribution is -2.39. The van der Waals surface area contributed by atoms with Gasteiger partial charge in [0.15, 0.2) is 17.5 Å². The van der Waals surface area contributed by atoms with Crippen LogP contribution in [0.25, 0.3) is 0 Å². The summed E-state index contributed by atoms with van der Waals surface area (Å²) in [7, 11) is 7.35. The van der Waals surface area contributed by atoms with E-state index >= 15 is 0 Å². The van der Waals surface area contributed by atoms with Gasteiger partial charge in [0.25, 0.3) is 0 Å². The molecule has 0 radical (unpaired) electrons. The first-order chi connectivity index (χ1) is 13.6. The SMILES string of the molecule is CCNC(=NCC(c1ccco1)N(C)C)NCCc1ccc(OC)c(OC)c1. The second kappa shape index (κ2) is 11.2. The van der Waals surface area contributed by atoms with Crippen molar-refractivity contribution in [3.05, 3.63) is 47.9 Å². The minimum Gasteiger partial charge on any atom is -0.493 e. The van der Waals surface area contributed by atoms with E-state index in [0.29, 0.717) is 6.54 Å². The van der Waals surface area contributed by atoms with Crippen LogP contribution < -0.4 is 20.1 Å². The standard InChI is InChI=1S/C21H32N4O3/c1-6-22-21(24-15-17(25(2)3)18-8-7-13-28-18)23-12-11-16-9-10-19(26-4)20(14-16)27-5/h7-10,13-14,17H,6,11-12,15H2,1-5H3,(H2,22,23,24). The molecule has 2 rings (SSSR count). The predicted molar refractivity (Wildman–Crippen MR) is 112 cm³/mol. The number of methoxy groups -OCH3 is 2. The van der Waals surface area contributed by atoms with Gasteiger partial charge in [-0.15, -0.1) is 0 Å². The summed E-state index contributed by atoms with van der Waals surface area (Å²) >= 11 is 0. The number of benzene rings is 1. The van der Waals surface area contributed by atoms with Gasteiger partial charge >= 0.3 is 0 Å². The second-order valence-electron chi connectivity index (χ2n) is 6.58. The Hall–Kier alpha value is -2.67. The van der Waals surface area contributed by atoms with Crippen molar-refractivity contribution in [1.29, 1.82) is 0 Å². The van der Waals surface area contributed by atoms with Crippen molar-refractivity contribution in [2.45, 2.75) is 19.4 Å². The summed E-state index contributed by atoms with van der Waals surface area (Å²) < 4.78 is 16.2. The maximum atomic E-state index is 5.56. The highest BCUT2D eigenvalue weighted by molar-refractivity contribution is 5.79. The molecule has 154 valence electrons. The first kappa shape index (κ1) is 21.6.